The first-order chi connectivity index (χ1) is 15.2. The van der Waals surface area contributed by atoms with Crippen molar-refractivity contribution in [1.29, 1.82) is 0 Å². The molecule has 2 fully saturated rings. The maximum Gasteiger partial charge on any atom is 0.242 e. The predicted octanol–water partition coefficient (Wildman–Crippen LogP) is 4.46. The second-order valence-electron chi connectivity index (χ2n) is 9.11. The van der Waals surface area contributed by atoms with E-state index < -0.39 is 0 Å². The maximum absolute atomic E-state index is 13.4. The van der Waals surface area contributed by atoms with Crippen LogP contribution in [0.1, 0.15) is 63.1 Å². The Hall–Kier alpha value is -2.56. The molecule has 2 aliphatic rings. The zero-order chi connectivity index (χ0) is 21.6. The van der Waals surface area contributed by atoms with E-state index in [1.165, 1.54) is 5.56 Å². The van der Waals surface area contributed by atoms with Crippen molar-refractivity contribution >= 4 is 11.8 Å². The molecule has 0 bridgehead atoms. The van der Waals surface area contributed by atoms with Gasteiger partial charge in [0, 0.05) is 36.9 Å². The zero-order valence-corrected chi connectivity index (χ0v) is 18.7. The average molecular weight is 422 g/mol. The van der Waals surface area contributed by atoms with Crippen molar-refractivity contribution in [1.82, 2.24) is 14.4 Å². The van der Waals surface area contributed by atoms with Crippen LogP contribution in [0.15, 0.2) is 48.7 Å². The summed E-state index contributed by atoms with van der Waals surface area (Å²) in [5.41, 5.74) is 2.40. The Morgan fingerprint density at radius 2 is 1.81 bits per heavy atom. The van der Waals surface area contributed by atoms with Crippen molar-refractivity contribution in [2.24, 2.45) is 5.92 Å². The number of unbranched alkanes of at least 4 members (excludes halogenated alkanes) is 1. The van der Waals surface area contributed by atoms with Gasteiger partial charge in [-0.25, -0.2) is 0 Å². The third-order valence-electron chi connectivity index (χ3n) is 6.63. The quantitative estimate of drug-likeness (QED) is 0.538. The minimum absolute atomic E-state index is 0.0961. The molecule has 2 aromatic rings. The lowest BCUT2D eigenvalue weighted by atomic mass is 9.84. The first-order valence-electron chi connectivity index (χ1n) is 11.9. The van der Waals surface area contributed by atoms with Gasteiger partial charge in [0.15, 0.2) is 0 Å². The Morgan fingerprint density at radius 1 is 1.03 bits per heavy atom. The predicted molar refractivity (Wildman–Crippen MR) is 122 cm³/mol. The maximum atomic E-state index is 13.4. The Morgan fingerprint density at radius 3 is 2.45 bits per heavy atom. The molecular formula is C26H35N3O2. The summed E-state index contributed by atoms with van der Waals surface area (Å²) in [7, 11) is 0. The highest BCUT2D eigenvalue weighted by Crippen LogP contribution is 2.30. The van der Waals surface area contributed by atoms with Crippen LogP contribution in [0.4, 0.5) is 0 Å². The first-order valence-corrected chi connectivity index (χ1v) is 11.9. The topological polar surface area (TPSA) is 45.6 Å². The molecule has 2 saturated carbocycles. The van der Waals surface area contributed by atoms with E-state index in [9.17, 15) is 9.59 Å². The van der Waals surface area contributed by atoms with Crippen LogP contribution in [0.3, 0.4) is 0 Å². The van der Waals surface area contributed by atoms with Gasteiger partial charge in [0.05, 0.1) is 13.1 Å². The van der Waals surface area contributed by atoms with E-state index in [1.807, 2.05) is 15.9 Å². The van der Waals surface area contributed by atoms with E-state index in [1.54, 1.807) is 0 Å². The molecule has 0 aliphatic heterocycles. The highest BCUT2D eigenvalue weighted by Gasteiger charge is 2.36. The monoisotopic (exact) mass is 421 g/mol. The molecule has 4 rings (SSSR count). The van der Waals surface area contributed by atoms with Crippen molar-refractivity contribution in [2.45, 2.75) is 71.0 Å². The summed E-state index contributed by atoms with van der Waals surface area (Å²) in [6.45, 7) is 4.47. The molecule has 0 saturated heterocycles. The van der Waals surface area contributed by atoms with Crippen molar-refractivity contribution in [3.8, 4) is 0 Å². The summed E-state index contributed by atoms with van der Waals surface area (Å²) in [6, 6.07) is 14.9. The summed E-state index contributed by atoms with van der Waals surface area (Å²) in [6.07, 6.45) is 9.30. The summed E-state index contributed by atoms with van der Waals surface area (Å²) < 4.78 is 2.23. The lowest BCUT2D eigenvalue weighted by Crippen LogP contribution is -2.47. The molecule has 0 atom stereocenters. The Balaban J connectivity index is 1.43. The van der Waals surface area contributed by atoms with Gasteiger partial charge in [-0.05, 0) is 49.8 Å². The van der Waals surface area contributed by atoms with Crippen LogP contribution in [-0.4, -0.2) is 45.3 Å². The van der Waals surface area contributed by atoms with Crippen LogP contribution in [0.5, 0.6) is 0 Å². The van der Waals surface area contributed by atoms with Crippen LogP contribution in [0, 0.1) is 5.92 Å². The number of rotatable bonds is 11. The molecule has 1 aromatic heterocycles. The molecule has 0 radical (unpaired) electrons. The minimum atomic E-state index is 0.0961. The summed E-state index contributed by atoms with van der Waals surface area (Å²) in [5, 5.41) is 0. The smallest absolute Gasteiger partial charge is 0.242 e. The largest absolute Gasteiger partial charge is 0.345 e. The standard InChI is InChI=1S/C26H35N3O2/c1-2-3-16-28(26(31)22-11-7-12-22)20-25(30)29(23-14-15-23)19-24-13-8-17-27(24)18-21-9-5-4-6-10-21/h4-6,8-10,13,17,22-23H,2-3,7,11-12,14-16,18-20H2,1H3. The molecule has 0 N–H and O–H groups in total. The highest BCUT2D eigenvalue weighted by atomic mass is 16.2. The van der Waals surface area contributed by atoms with Crippen molar-refractivity contribution < 1.29 is 9.59 Å². The summed E-state index contributed by atoms with van der Waals surface area (Å²) in [4.78, 5) is 30.1. The number of amides is 2. The number of nitrogens with zero attached hydrogens (tertiary/aromatic N) is 3. The molecule has 31 heavy (non-hydrogen) atoms. The van der Waals surface area contributed by atoms with Crippen LogP contribution in [0.25, 0.3) is 0 Å². The van der Waals surface area contributed by atoms with Crippen LogP contribution < -0.4 is 0 Å². The number of benzene rings is 1. The molecule has 2 amide bonds. The fourth-order valence-corrected chi connectivity index (χ4v) is 4.29. The SMILES string of the molecule is CCCCN(CC(=O)N(Cc1cccn1Cc1ccccc1)C1CC1)C(=O)C1CCC1. The third kappa shape index (κ3) is 5.57. The first kappa shape index (κ1) is 21.7. The Bertz CT molecular complexity index is 868. The van der Waals surface area contributed by atoms with E-state index in [4.69, 9.17) is 0 Å². The van der Waals surface area contributed by atoms with Crippen molar-refractivity contribution in [3.63, 3.8) is 0 Å². The second kappa shape index (κ2) is 10.2. The zero-order valence-electron chi connectivity index (χ0n) is 18.7. The fourth-order valence-electron chi connectivity index (χ4n) is 4.29. The lowest BCUT2D eigenvalue weighted by Gasteiger charge is -2.33. The second-order valence-corrected chi connectivity index (χ2v) is 9.11. The Kier molecular flexibility index (Phi) is 7.10. The van der Waals surface area contributed by atoms with E-state index in [0.29, 0.717) is 19.1 Å². The van der Waals surface area contributed by atoms with E-state index >= 15 is 0 Å². The van der Waals surface area contributed by atoms with Gasteiger partial charge in [-0.1, -0.05) is 50.1 Å². The van der Waals surface area contributed by atoms with Crippen LogP contribution in [-0.2, 0) is 22.7 Å². The van der Waals surface area contributed by atoms with Crippen molar-refractivity contribution in [3.05, 3.63) is 59.9 Å². The summed E-state index contributed by atoms with van der Waals surface area (Å²) >= 11 is 0. The lowest BCUT2D eigenvalue weighted by molar-refractivity contribution is -0.145. The normalized spacial score (nSPS) is 16.0. The van der Waals surface area contributed by atoms with Gasteiger partial charge in [0.1, 0.15) is 0 Å². The highest BCUT2D eigenvalue weighted by molar-refractivity contribution is 5.86. The van der Waals surface area contributed by atoms with Gasteiger partial charge >= 0.3 is 0 Å². The van der Waals surface area contributed by atoms with Crippen LogP contribution >= 0.6 is 0 Å². The molecule has 166 valence electrons. The van der Waals surface area contributed by atoms with E-state index in [-0.39, 0.29) is 24.3 Å². The molecule has 2 aliphatic carbocycles. The van der Waals surface area contributed by atoms with Gasteiger partial charge in [0.2, 0.25) is 11.8 Å². The number of carbonyl (C=O) groups excluding carboxylic acids is 2. The average Bonchev–Trinajstić information content (AvgIpc) is 3.49. The number of carbonyl (C=O) groups is 2. The molecule has 1 heterocycles. The van der Waals surface area contributed by atoms with Gasteiger partial charge in [-0.15, -0.1) is 0 Å². The Labute approximate surface area is 186 Å². The number of hydrogen-bond acceptors (Lipinski definition) is 2. The molecule has 5 heteroatoms. The van der Waals surface area contributed by atoms with Crippen LogP contribution in [0.2, 0.25) is 0 Å². The fraction of sp³-hybridized carbons (Fsp3) is 0.538. The molecular weight excluding hydrogens is 386 g/mol. The molecule has 1 aromatic carbocycles. The number of hydrogen-bond donors (Lipinski definition) is 0. The van der Waals surface area contributed by atoms with Gasteiger partial charge in [0.25, 0.3) is 0 Å². The third-order valence-corrected chi connectivity index (χ3v) is 6.63. The molecule has 5 nitrogen and oxygen atoms in total. The van der Waals surface area contributed by atoms with Gasteiger partial charge in [-0.2, -0.15) is 0 Å². The van der Waals surface area contributed by atoms with Gasteiger partial charge in [-0.3, -0.25) is 9.59 Å². The minimum Gasteiger partial charge on any atom is -0.345 e. The van der Waals surface area contributed by atoms with Gasteiger partial charge < -0.3 is 14.4 Å². The molecule has 0 spiro atoms. The summed E-state index contributed by atoms with van der Waals surface area (Å²) in [5.74, 6) is 0.428. The number of aromatic nitrogens is 1. The molecule has 0 unspecified atom stereocenters. The van der Waals surface area contributed by atoms with E-state index in [2.05, 4.69) is 54.1 Å². The van der Waals surface area contributed by atoms with E-state index in [0.717, 1.165) is 57.2 Å². The van der Waals surface area contributed by atoms with Crippen molar-refractivity contribution in [2.75, 3.05) is 13.1 Å².